The van der Waals surface area contributed by atoms with Gasteiger partial charge in [0.05, 0.1) is 0 Å². The number of hydrogen-bond donors (Lipinski definition) is 2. The van der Waals surface area contributed by atoms with Crippen molar-refractivity contribution in [2.45, 2.75) is 32.1 Å². The summed E-state index contributed by atoms with van der Waals surface area (Å²) in [7, 11) is 0. The lowest BCUT2D eigenvalue weighted by molar-refractivity contribution is -0.116. The summed E-state index contributed by atoms with van der Waals surface area (Å²) in [6, 6.07) is 5.38. The summed E-state index contributed by atoms with van der Waals surface area (Å²) in [6.45, 7) is 0.633. The van der Waals surface area contributed by atoms with E-state index in [-0.39, 0.29) is 11.8 Å². The maximum absolute atomic E-state index is 12.0. The molecule has 4 heteroatoms. The lowest BCUT2D eigenvalue weighted by atomic mass is 10.00. The van der Waals surface area contributed by atoms with Gasteiger partial charge in [0.15, 0.2) is 0 Å². The Hall–Kier alpha value is -2.28. The minimum absolute atomic E-state index is 0.0308. The summed E-state index contributed by atoms with van der Waals surface area (Å²) in [6.07, 6.45) is 8.88. The zero-order valence-electron chi connectivity index (χ0n) is 11.4. The number of unbranched alkanes of at least 4 members (excludes halogenated alkanes) is 2. The SMILES string of the molecule is C#CCCCCNC(=O)c1ccc2c(c1)CCC(=O)N2. The fourth-order valence-electron chi connectivity index (χ4n) is 2.18. The number of carbonyl (C=O) groups excluding carboxylic acids is 2. The first-order chi connectivity index (χ1) is 9.70. The molecule has 1 aromatic carbocycles. The smallest absolute Gasteiger partial charge is 0.251 e. The zero-order chi connectivity index (χ0) is 14.4. The van der Waals surface area contributed by atoms with E-state index in [1.54, 1.807) is 12.1 Å². The van der Waals surface area contributed by atoms with E-state index >= 15 is 0 Å². The highest BCUT2D eigenvalue weighted by Crippen LogP contribution is 2.23. The number of terminal acetylenes is 1. The molecule has 2 N–H and O–H groups in total. The van der Waals surface area contributed by atoms with Crippen LogP contribution in [0.2, 0.25) is 0 Å². The minimum Gasteiger partial charge on any atom is -0.352 e. The van der Waals surface area contributed by atoms with Crippen LogP contribution in [0, 0.1) is 12.3 Å². The van der Waals surface area contributed by atoms with Gasteiger partial charge in [-0.2, -0.15) is 0 Å². The number of anilines is 1. The van der Waals surface area contributed by atoms with Crippen molar-refractivity contribution in [1.29, 1.82) is 0 Å². The number of aryl methyl sites for hydroxylation is 1. The maximum Gasteiger partial charge on any atom is 0.251 e. The first kappa shape index (κ1) is 14.1. The topological polar surface area (TPSA) is 58.2 Å². The van der Waals surface area contributed by atoms with Crippen LogP contribution in [0.15, 0.2) is 18.2 Å². The standard InChI is InChI=1S/C16H18N2O2/c1-2-3-4-5-10-17-16(20)13-6-8-14-12(11-13)7-9-15(19)18-14/h1,6,8,11H,3-5,7,9-10H2,(H,17,20)(H,18,19). The molecule has 0 fully saturated rings. The van der Waals surface area contributed by atoms with Crippen molar-refractivity contribution in [1.82, 2.24) is 5.32 Å². The highest BCUT2D eigenvalue weighted by atomic mass is 16.2. The van der Waals surface area contributed by atoms with E-state index in [9.17, 15) is 9.59 Å². The van der Waals surface area contributed by atoms with Gasteiger partial charge in [-0.05, 0) is 43.0 Å². The molecule has 4 nitrogen and oxygen atoms in total. The average molecular weight is 270 g/mol. The Morgan fingerprint density at radius 2 is 2.20 bits per heavy atom. The molecular weight excluding hydrogens is 252 g/mol. The van der Waals surface area contributed by atoms with E-state index in [0.29, 0.717) is 24.9 Å². The van der Waals surface area contributed by atoms with Crippen molar-refractivity contribution >= 4 is 17.5 Å². The van der Waals surface area contributed by atoms with Gasteiger partial charge in [-0.1, -0.05) is 0 Å². The fraction of sp³-hybridized carbons (Fsp3) is 0.375. The molecule has 0 bridgehead atoms. The summed E-state index contributed by atoms with van der Waals surface area (Å²) in [5.41, 5.74) is 2.47. The highest BCUT2D eigenvalue weighted by Gasteiger charge is 2.16. The Kier molecular flexibility index (Phi) is 4.78. The number of nitrogens with one attached hydrogen (secondary N) is 2. The Balaban J connectivity index is 1.91. The molecule has 0 aliphatic carbocycles. The first-order valence-electron chi connectivity index (χ1n) is 6.85. The van der Waals surface area contributed by atoms with E-state index in [2.05, 4.69) is 16.6 Å². The Morgan fingerprint density at radius 3 is 3.00 bits per heavy atom. The molecular formula is C16H18N2O2. The molecule has 0 saturated heterocycles. The van der Waals surface area contributed by atoms with Gasteiger partial charge in [0.1, 0.15) is 0 Å². The van der Waals surface area contributed by atoms with Crippen LogP contribution in [-0.2, 0) is 11.2 Å². The van der Waals surface area contributed by atoms with E-state index in [1.807, 2.05) is 6.07 Å². The zero-order valence-corrected chi connectivity index (χ0v) is 11.4. The van der Waals surface area contributed by atoms with Crippen molar-refractivity contribution in [2.24, 2.45) is 0 Å². The largest absolute Gasteiger partial charge is 0.352 e. The molecule has 1 aromatic rings. The van der Waals surface area contributed by atoms with Crippen molar-refractivity contribution in [3.8, 4) is 12.3 Å². The summed E-state index contributed by atoms with van der Waals surface area (Å²) >= 11 is 0. The van der Waals surface area contributed by atoms with Crippen LogP contribution >= 0.6 is 0 Å². The Morgan fingerprint density at radius 1 is 1.35 bits per heavy atom. The van der Waals surface area contributed by atoms with Gasteiger partial charge in [0, 0.05) is 30.6 Å². The van der Waals surface area contributed by atoms with Crippen LogP contribution in [0.5, 0.6) is 0 Å². The molecule has 1 heterocycles. The minimum atomic E-state index is -0.0783. The van der Waals surface area contributed by atoms with Crippen LogP contribution in [0.3, 0.4) is 0 Å². The Labute approximate surface area is 118 Å². The molecule has 20 heavy (non-hydrogen) atoms. The third kappa shape index (κ3) is 3.61. The normalized spacial score (nSPS) is 13.1. The van der Waals surface area contributed by atoms with Gasteiger partial charge < -0.3 is 10.6 Å². The lowest BCUT2D eigenvalue weighted by Gasteiger charge is -2.17. The highest BCUT2D eigenvalue weighted by molar-refractivity contribution is 5.97. The van der Waals surface area contributed by atoms with Gasteiger partial charge in [-0.15, -0.1) is 12.3 Å². The molecule has 0 aromatic heterocycles. The number of carbonyl (C=O) groups is 2. The predicted octanol–water partition coefficient (Wildman–Crippen LogP) is 2.10. The van der Waals surface area contributed by atoms with Gasteiger partial charge in [-0.25, -0.2) is 0 Å². The van der Waals surface area contributed by atoms with Crippen molar-refractivity contribution in [3.63, 3.8) is 0 Å². The lowest BCUT2D eigenvalue weighted by Crippen LogP contribution is -2.25. The van der Waals surface area contributed by atoms with E-state index < -0.39 is 0 Å². The van der Waals surface area contributed by atoms with Crippen LogP contribution in [-0.4, -0.2) is 18.4 Å². The molecule has 0 atom stereocenters. The number of hydrogen-bond acceptors (Lipinski definition) is 2. The van der Waals surface area contributed by atoms with Crippen molar-refractivity contribution < 1.29 is 9.59 Å². The fourth-order valence-corrected chi connectivity index (χ4v) is 2.18. The van der Waals surface area contributed by atoms with Crippen molar-refractivity contribution in [3.05, 3.63) is 29.3 Å². The maximum atomic E-state index is 12.0. The molecule has 2 amide bonds. The van der Waals surface area contributed by atoms with Crippen LogP contribution < -0.4 is 10.6 Å². The number of fused-ring (bicyclic) bond motifs is 1. The van der Waals surface area contributed by atoms with Gasteiger partial charge >= 0.3 is 0 Å². The van der Waals surface area contributed by atoms with E-state index in [0.717, 1.165) is 30.5 Å². The van der Waals surface area contributed by atoms with Gasteiger partial charge in [0.25, 0.3) is 5.91 Å². The second-order valence-electron chi connectivity index (χ2n) is 4.84. The summed E-state index contributed by atoms with van der Waals surface area (Å²) < 4.78 is 0. The first-order valence-corrected chi connectivity index (χ1v) is 6.85. The quantitative estimate of drug-likeness (QED) is 0.636. The summed E-state index contributed by atoms with van der Waals surface area (Å²) in [4.78, 5) is 23.3. The third-order valence-electron chi connectivity index (χ3n) is 3.30. The number of amides is 2. The van der Waals surface area contributed by atoms with E-state index in [4.69, 9.17) is 6.42 Å². The third-order valence-corrected chi connectivity index (χ3v) is 3.30. The molecule has 0 spiro atoms. The van der Waals surface area contributed by atoms with Crippen LogP contribution in [0.4, 0.5) is 5.69 Å². The number of rotatable bonds is 5. The summed E-state index contributed by atoms with van der Waals surface area (Å²) in [5, 5.41) is 5.68. The second kappa shape index (κ2) is 6.76. The second-order valence-corrected chi connectivity index (χ2v) is 4.84. The molecule has 1 aliphatic heterocycles. The van der Waals surface area contributed by atoms with Crippen molar-refractivity contribution in [2.75, 3.05) is 11.9 Å². The average Bonchev–Trinajstić information content (AvgIpc) is 2.46. The summed E-state index contributed by atoms with van der Waals surface area (Å²) in [5.74, 6) is 2.53. The molecule has 1 aliphatic rings. The van der Waals surface area contributed by atoms with Crippen LogP contribution in [0.25, 0.3) is 0 Å². The molecule has 0 radical (unpaired) electrons. The van der Waals surface area contributed by atoms with E-state index in [1.165, 1.54) is 0 Å². The van der Waals surface area contributed by atoms with Gasteiger partial charge in [0.2, 0.25) is 5.91 Å². The predicted molar refractivity (Wildman–Crippen MR) is 78.4 cm³/mol. The van der Waals surface area contributed by atoms with Crippen LogP contribution in [0.1, 0.15) is 41.6 Å². The molecule has 0 unspecified atom stereocenters. The van der Waals surface area contributed by atoms with Gasteiger partial charge in [-0.3, -0.25) is 9.59 Å². The monoisotopic (exact) mass is 270 g/mol. The molecule has 104 valence electrons. The molecule has 2 rings (SSSR count). The number of benzene rings is 1. The molecule has 0 saturated carbocycles. The Bertz CT molecular complexity index is 558.